The zero-order valence-electron chi connectivity index (χ0n) is 15.0. The maximum Gasteiger partial charge on any atom is 0.317 e. The van der Waals surface area contributed by atoms with Crippen LogP contribution in [0.5, 0.6) is 0 Å². The molecule has 1 N–H and O–H groups in total. The lowest BCUT2D eigenvalue weighted by atomic mass is 10.1. The van der Waals surface area contributed by atoms with E-state index >= 15 is 0 Å². The number of carbonyl (C=O) groups is 1. The molecular formula is C17H23F2N3O4S. The van der Waals surface area contributed by atoms with Crippen LogP contribution in [0.2, 0.25) is 0 Å². The van der Waals surface area contributed by atoms with Crippen molar-refractivity contribution < 1.29 is 26.7 Å². The highest BCUT2D eigenvalue weighted by Gasteiger charge is 2.33. The third-order valence-corrected chi connectivity index (χ3v) is 6.82. The summed E-state index contributed by atoms with van der Waals surface area (Å²) in [6.07, 6.45) is 1.86. The number of urea groups is 1. The van der Waals surface area contributed by atoms with Crippen molar-refractivity contribution in [2.75, 3.05) is 32.8 Å². The third-order valence-electron chi connectivity index (χ3n) is 4.91. The fraction of sp³-hybridized carbons (Fsp3) is 0.588. The van der Waals surface area contributed by atoms with Gasteiger partial charge in [0.15, 0.2) is 0 Å². The van der Waals surface area contributed by atoms with Crippen molar-refractivity contribution >= 4 is 16.1 Å². The molecule has 10 heteroatoms. The lowest BCUT2D eigenvalue weighted by Gasteiger charge is -2.35. The summed E-state index contributed by atoms with van der Waals surface area (Å²) in [5, 5.41) is 2.88. The van der Waals surface area contributed by atoms with Crippen LogP contribution in [0.25, 0.3) is 0 Å². The summed E-state index contributed by atoms with van der Waals surface area (Å²) in [4.78, 5) is 13.2. The van der Waals surface area contributed by atoms with E-state index in [2.05, 4.69) is 5.32 Å². The number of rotatable bonds is 4. The van der Waals surface area contributed by atoms with Crippen LogP contribution in [0.1, 0.15) is 19.8 Å². The van der Waals surface area contributed by atoms with Gasteiger partial charge in [-0.05, 0) is 38.0 Å². The summed E-state index contributed by atoms with van der Waals surface area (Å²) >= 11 is 0. The number of benzene rings is 1. The number of nitrogens with zero attached hydrogens (tertiary/aromatic N) is 2. The summed E-state index contributed by atoms with van der Waals surface area (Å²) in [6.45, 7) is 2.93. The summed E-state index contributed by atoms with van der Waals surface area (Å²) in [5.41, 5.74) is 0. The van der Waals surface area contributed by atoms with Gasteiger partial charge < -0.3 is 15.0 Å². The predicted molar refractivity (Wildman–Crippen MR) is 93.7 cm³/mol. The minimum atomic E-state index is -4.16. The van der Waals surface area contributed by atoms with Crippen LogP contribution in [0.3, 0.4) is 0 Å². The predicted octanol–water partition coefficient (Wildman–Crippen LogP) is 1.55. The normalized spacial score (nSPS) is 22.6. The summed E-state index contributed by atoms with van der Waals surface area (Å²) in [7, 11) is -4.16. The Balaban J connectivity index is 1.59. The molecule has 0 spiro atoms. The molecule has 7 nitrogen and oxygen atoms in total. The van der Waals surface area contributed by atoms with Crippen molar-refractivity contribution in [1.29, 1.82) is 0 Å². The number of carbonyl (C=O) groups excluding carboxylic acids is 1. The summed E-state index contributed by atoms with van der Waals surface area (Å²) < 4.78 is 59.0. The maximum absolute atomic E-state index is 13.9. The fourth-order valence-electron chi connectivity index (χ4n) is 3.32. The van der Waals surface area contributed by atoms with Crippen molar-refractivity contribution in [2.24, 2.45) is 0 Å². The highest BCUT2D eigenvalue weighted by molar-refractivity contribution is 7.89. The van der Waals surface area contributed by atoms with Gasteiger partial charge in [0.2, 0.25) is 10.0 Å². The number of halogens is 2. The van der Waals surface area contributed by atoms with E-state index in [1.54, 1.807) is 0 Å². The molecule has 2 heterocycles. The molecule has 0 bridgehead atoms. The first-order valence-electron chi connectivity index (χ1n) is 8.91. The monoisotopic (exact) mass is 403 g/mol. The number of ether oxygens (including phenoxy) is 1. The third kappa shape index (κ3) is 4.39. The van der Waals surface area contributed by atoms with Gasteiger partial charge in [0, 0.05) is 32.8 Å². The molecule has 1 aromatic carbocycles. The molecule has 1 aromatic rings. The Labute approximate surface area is 157 Å². The Morgan fingerprint density at radius 2 is 1.96 bits per heavy atom. The first-order valence-corrected chi connectivity index (χ1v) is 10.4. The van der Waals surface area contributed by atoms with Gasteiger partial charge in [-0.1, -0.05) is 0 Å². The minimum Gasteiger partial charge on any atom is -0.376 e. The van der Waals surface area contributed by atoms with Crippen LogP contribution >= 0.6 is 0 Å². The van der Waals surface area contributed by atoms with Crippen molar-refractivity contribution in [1.82, 2.24) is 14.5 Å². The van der Waals surface area contributed by atoms with E-state index in [0.717, 1.165) is 29.3 Å². The van der Waals surface area contributed by atoms with E-state index in [-0.39, 0.29) is 44.4 Å². The van der Waals surface area contributed by atoms with Crippen molar-refractivity contribution in [3.63, 3.8) is 0 Å². The molecule has 3 rings (SSSR count). The molecule has 2 atom stereocenters. The Bertz CT molecular complexity index is 791. The van der Waals surface area contributed by atoms with Crippen LogP contribution in [0, 0.1) is 11.6 Å². The second kappa shape index (κ2) is 8.07. The van der Waals surface area contributed by atoms with Gasteiger partial charge in [-0.2, -0.15) is 4.31 Å². The number of nitrogens with one attached hydrogen (secondary N) is 1. The maximum atomic E-state index is 13.9. The molecule has 0 saturated carbocycles. The smallest absolute Gasteiger partial charge is 0.317 e. The van der Waals surface area contributed by atoms with Crippen LogP contribution in [0.4, 0.5) is 13.6 Å². The van der Waals surface area contributed by atoms with Crippen molar-refractivity contribution in [3.05, 3.63) is 29.8 Å². The summed E-state index contributed by atoms with van der Waals surface area (Å²) in [5.74, 6) is -1.82. The van der Waals surface area contributed by atoms with E-state index < -0.39 is 26.6 Å². The number of sulfonamides is 1. The molecule has 2 saturated heterocycles. The molecular weight excluding hydrogens is 380 g/mol. The highest BCUT2D eigenvalue weighted by Crippen LogP contribution is 2.22. The standard InChI is InChI=1S/C17H23F2N3O4S/c1-12(15-3-2-10-26-15)20-17(23)21-6-8-22(9-7-21)27(24,25)16-11-13(18)4-5-14(16)19/h4-5,11-12,15H,2-3,6-10H2,1H3,(H,20,23). The van der Waals surface area contributed by atoms with Gasteiger partial charge in [0.05, 0.1) is 12.1 Å². The zero-order chi connectivity index (χ0) is 19.6. The summed E-state index contributed by atoms with van der Waals surface area (Å²) in [6, 6.07) is 1.91. The Morgan fingerprint density at radius 3 is 2.59 bits per heavy atom. The van der Waals surface area contributed by atoms with Gasteiger partial charge in [0.1, 0.15) is 16.5 Å². The van der Waals surface area contributed by atoms with E-state index in [1.165, 1.54) is 4.90 Å². The average molecular weight is 403 g/mol. The van der Waals surface area contributed by atoms with Gasteiger partial charge >= 0.3 is 6.03 Å². The Morgan fingerprint density at radius 1 is 1.26 bits per heavy atom. The zero-order valence-corrected chi connectivity index (χ0v) is 15.8. The molecule has 2 fully saturated rings. The lowest BCUT2D eigenvalue weighted by Crippen LogP contribution is -2.55. The second-order valence-electron chi connectivity index (χ2n) is 6.76. The van der Waals surface area contributed by atoms with Crippen LogP contribution in [0.15, 0.2) is 23.1 Å². The topological polar surface area (TPSA) is 79.0 Å². The number of hydrogen-bond donors (Lipinski definition) is 1. The molecule has 0 aromatic heterocycles. The van der Waals surface area contributed by atoms with Gasteiger partial charge in [-0.3, -0.25) is 0 Å². The van der Waals surface area contributed by atoms with Crippen molar-refractivity contribution in [3.8, 4) is 0 Å². The van der Waals surface area contributed by atoms with Crippen LogP contribution in [-0.2, 0) is 14.8 Å². The van der Waals surface area contributed by atoms with Gasteiger partial charge in [-0.15, -0.1) is 0 Å². The molecule has 2 amide bonds. The molecule has 150 valence electrons. The first-order chi connectivity index (χ1) is 12.8. The SMILES string of the molecule is CC(NC(=O)N1CCN(S(=O)(=O)c2cc(F)ccc2F)CC1)C1CCCO1. The molecule has 2 aliphatic rings. The van der Waals surface area contributed by atoms with Crippen LogP contribution in [-0.4, -0.2) is 68.6 Å². The number of hydrogen-bond acceptors (Lipinski definition) is 4. The van der Waals surface area contributed by atoms with E-state index in [1.807, 2.05) is 6.92 Å². The second-order valence-corrected chi connectivity index (χ2v) is 8.66. The van der Waals surface area contributed by atoms with Crippen LogP contribution < -0.4 is 5.32 Å². The largest absolute Gasteiger partial charge is 0.376 e. The van der Waals surface area contributed by atoms with E-state index in [9.17, 15) is 22.0 Å². The van der Waals surface area contributed by atoms with E-state index in [0.29, 0.717) is 12.7 Å². The lowest BCUT2D eigenvalue weighted by molar-refractivity contribution is 0.0821. The Kier molecular flexibility index (Phi) is 5.97. The molecule has 27 heavy (non-hydrogen) atoms. The average Bonchev–Trinajstić information content (AvgIpc) is 3.18. The quantitative estimate of drug-likeness (QED) is 0.827. The Hall–Kier alpha value is -1.78. The molecule has 0 aliphatic carbocycles. The molecule has 2 aliphatic heterocycles. The molecule has 2 unspecified atom stereocenters. The van der Waals surface area contributed by atoms with Crippen molar-refractivity contribution in [2.45, 2.75) is 36.8 Å². The van der Waals surface area contributed by atoms with E-state index in [4.69, 9.17) is 4.74 Å². The number of piperazine rings is 1. The molecule has 0 radical (unpaired) electrons. The van der Waals surface area contributed by atoms with Gasteiger partial charge in [0.25, 0.3) is 0 Å². The van der Waals surface area contributed by atoms with Gasteiger partial charge in [-0.25, -0.2) is 22.0 Å². The first kappa shape index (κ1) is 20.0. The minimum absolute atomic E-state index is 0.00781. The number of amides is 2. The highest BCUT2D eigenvalue weighted by atomic mass is 32.2. The fourth-order valence-corrected chi connectivity index (χ4v) is 4.82.